The van der Waals surface area contributed by atoms with E-state index < -0.39 is 0 Å². The van der Waals surface area contributed by atoms with Crippen LogP contribution in [0.4, 0.5) is 0 Å². The summed E-state index contributed by atoms with van der Waals surface area (Å²) in [6, 6.07) is 1.46. The summed E-state index contributed by atoms with van der Waals surface area (Å²) < 4.78 is 0. The molecule has 2 N–H and O–H groups in total. The van der Waals surface area contributed by atoms with Crippen LogP contribution in [0.25, 0.3) is 0 Å². The highest BCUT2D eigenvalue weighted by Crippen LogP contribution is 2.11. The summed E-state index contributed by atoms with van der Waals surface area (Å²) in [6.07, 6.45) is 4.23. The molecule has 1 unspecified atom stereocenters. The average Bonchev–Trinajstić information content (AvgIpc) is 2.16. The molecule has 82 valence electrons. The van der Waals surface area contributed by atoms with Gasteiger partial charge in [-0.3, -0.25) is 4.90 Å². The first-order chi connectivity index (χ1) is 6.86. The average molecular weight is 197 g/mol. The number of hydrogen-bond acceptors (Lipinski definition) is 3. The first-order valence-electron chi connectivity index (χ1n) is 6.04. The predicted molar refractivity (Wildman–Crippen MR) is 59.5 cm³/mol. The second kappa shape index (κ2) is 5.10. The number of likely N-dealkylation sites (tertiary alicyclic amines) is 1. The molecule has 0 aromatic carbocycles. The van der Waals surface area contributed by atoms with Crippen LogP contribution in [0.1, 0.15) is 26.2 Å². The Morgan fingerprint density at radius 1 is 1.29 bits per heavy atom. The molecule has 2 rings (SSSR count). The van der Waals surface area contributed by atoms with E-state index in [9.17, 15) is 0 Å². The van der Waals surface area contributed by atoms with Crippen molar-refractivity contribution in [2.24, 2.45) is 0 Å². The lowest BCUT2D eigenvalue weighted by Gasteiger charge is -2.35. The van der Waals surface area contributed by atoms with Crippen molar-refractivity contribution in [3.05, 3.63) is 0 Å². The van der Waals surface area contributed by atoms with Crippen molar-refractivity contribution in [3.63, 3.8) is 0 Å². The number of nitrogens with one attached hydrogen (secondary N) is 2. The first kappa shape index (κ1) is 10.4. The molecule has 14 heavy (non-hydrogen) atoms. The van der Waals surface area contributed by atoms with Crippen molar-refractivity contribution in [3.8, 4) is 0 Å². The van der Waals surface area contributed by atoms with Gasteiger partial charge in [0.25, 0.3) is 0 Å². The van der Waals surface area contributed by atoms with Gasteiger partial charge in [-0.1, -0.05) is 6.42 Å². The van der Waals surface area contributed by atoms with E-state index in [4.69, 9.17) is 0 Å². The van der Waals surface area contributed by atoms with Crippen molar-refractivity contribution >= 4 is 0 Å². The molecule has 2 saturated heterocycles. The van der Waals surface area contributed by atoms with E-state index >= 15 is 0 Å². The van der Waals surface area contributed by atoms with Crippen molar-refractivity contribution in [2.75, 3.05) is 32.7 Å². The fourth-order valence-corrected chi connectivity index (χ4v) is 2.26. The Kier molecular flexibility index (Phi) is 3.79. The first-order valence-corrected chi connectivity index (χ1v) is 6.04. The summed E-state index contributed by atoms with van der Waals surface area (Å²) in [7, 11) is 0. The number of rotatable bonds is 4. The van der Waals surface area contributed by atoms with E-state index in [2.05, 4.69) is 22.5 Å². The smallest absolute Gasteiger partial charge is 0.0318 e. The Labute approximate surface area is 87.2 Å². The maximum absolute atomic E-state index is 3.61. The van der Waals surface area contributed by atoms with E-state index in [0.29, 0.717) is 0 Å². The summed E-state index contributed by atoms with van der Waals surface area (Å²) in [6.45, 7) is 8.45. The van der Waals surface area contributed by atoms with Crippen molar-refractivity contribution in [2.45, 2.75) is 38.3 Å². The molecule has 2 aliphatic rings. The third kappa shape index (κ3) is 2.69. The molecule has 1 atom stereocenters. The maximum atomic E-state index is 3.61. The quantitative estimate of drug-likeness (QED) is 0.684. The van der Waals surface area contributed by atoms with Crippen LogP contribution in [0.2, 0.25) is 0 Å². The van der Waals surface area contributed by atoms with E-state index in [1.807, 2.05) is 0 Å². The van der Waals surface area contributed by atoms with Crippen molar-refractivity contribution < 1.29 is 0 Å². The third-order valence-corrected chi connectivity index (χ3v) is 3.50. The minimum absolute atomic E-state index is 0.718. The molecule has 0 saturated carbocycles. The van der Waals surface area contributed by atoms with Gasteiger partial charge in [0.15, 0.2) is 0 Å². The number of piperidine rings is 1. The van der Waals surface area contributed by atoms with Crippen LogP contribution in [0.3, 0.4) is 0 Å². The van der Waals surface area contributed by atoms with Gasteiger partial charge in [-0.15, -0.1) is 0 Å². The molecular formula is C11H23N3. The molecule has 2 aliphatic heterocycles. The minimum Gasteiger partial charge on any atom is -0.314 e. The van der Waals surface area contributed by atoms with Crippen LogP contribution in [0.15, 0.2) is 0 Å². The molecule has 0 aliphatic carbocycles. The summed E-state index contributed by atoms with van der Waals surface area (Å²) >= 11 is 0. The lowest BCUT2D eigenvalue weighted by atomic mass is 10.1. The largest absolute Gasteiger partial charge is 0.314 e. The summed E-state index contributed by atoms with van der Waals surface area (Å²) in [5.74, 6) is 0. The molecular weight excluding hydrogens is 174 g/mol. The summed E-state index contributed by atoms with van der Waals surface area (Å²) in [4.78, 5) is 2.63. The molecule has 0 aromatic rings. The molecule has 0 radical (unpaired) electrons. The van der Waals surface area contributed by atoms with Gasteiger partial charge < -0.3 is 10.6 Å². The van der Waals surface area contributed by atoms with Gasteiger partial charge in [-0.25, -0.2) is 0 Å². The summed E-state index contributed by atoms with van der Waals surface area (Å²) in [5.41, 5.74) is 0. The highest BCUT2D eigenvalue weighted by molar-refractivity contribution is 4.83. The SMILES string of the molecule is CC(CNC1CNC1)N1CCCCC1. The van der Waals surface area contributed by atoms with Crippen LogP contribution in [-0.2, 0) is 0 Å². The Hall–Kier alpha value is -0.120. The molecule has 3 heteroatoms. The van der Waals surface area contributed by atoms with Gasteiger partial charge in [0.2, 0.25) is 0 Å². The minimum atomic E-state index is 0.718. The zero-order valence-electron chi connectivity index (χ0n) is 9.26. The normalized spacial score (nSPS) is 27.2. The monoisotopic (exact) mass is 197 g/mol. The second-order valence-corrected chi connectivity index (χ2v) is 4.71. The fourth-order valence-electron chi connectivity index (χ4n) is 2.26. The Balaban J connectivity index is 1.62. The van der Waals surface area contributed by atoms with Crippen molar-refractivity contribution in [1.82, 2.24) is 15.5 Å². The van der Waals surface area contributed by atoms with Gasteiger partial charge in [0.1, 0.15) is 0 Å². The topological polar surface area (TPSA) is 27.3 Å². The molecule has 2 heterocycles. The van der Waals surface area contributed by atoms with Gasteiger partial charge in [-0.05, 0) is 32.9 Å². The van der Waals surface area contributed by atoms with Crippen LogP contribution >= 0.6 is 0 Å². The van der Waals surface area contributed by atoms with E-state index in [1.54, 1.807) is 0 Å². The second-order valence-electron chi connectivity index (χ2n) is 4.71. The van der Waals surface area contributed by atoms with Gasteiger partial charge in [-0.2, -0.15) is 0 Å². The van der Waals surface area contributed by atoms with Gasteiger partial charge >= 0.3 is 0 Å². The molecule has 2 fully saturated rings. The van der Waals surface area contributed by atoms with Gasteiger partial charge in [0, 0.05) is 31.7 Å². The van der Waals surface area contributed by atoms with E-state index in [-0.39, 0.29) is 0 Å². The fraction of sp³-hybridized carbons (Fsp3) is 1.00. The lowest BCUT2D eigenvalue weighted by molar-refractivity contribution is 0.164. The highest BCUT2D eigenvalue weighted by Gasteiger charge is 2.20. The third-order valence-electron chi connectivity index (χ3n) is 3.50. The molecule has 0 aromatic heterocycles. The molecule has 0 amide bonds. The zero-order valence-corrected chi connectivity index (χ0v) is 9.26. The Bertz CT molecular complexity index is 162. The zero-order chi connectivity index (χ0) is 9.80. The van der Waals surface area contributed by atoms with Crippen LogP contribution < -0.4 is 10.6 Å². The number of nitrogens with zero attached hydrogens (tertiary/aromatic N) is 1. The molecule has 0 bridgehead atoms. The van der Waals surface area contributed by atoms with E-state index in [1.165, 1.54) is 32.4 Å². The summed E-state index contributed by atoms with van der Waals surface area (Å²) in [5, 5.41) is 6.90. The predicted octanol–water partition coefficient (Wildman–Crippen LogP) is 0.422. The Morgan fingerprint density at radius 3 is 2.57 bits per heavy atom. The lowest BCUT2D eigenvalue weighted by Crippen LogP contribution is -2.57. The van der Waals surface area contributed by atoms with Crippen molar-refractivity contribution in [1.29, 1.82) is 0 Å². The van der Waals surface area contributed by atoms with E-state index in [0.717, 1.165) is 31.7 Å². The maximum Gasteiger partial charge on any atom is 0.0318 e. The number of hydrogen-bond donors (Lipinski definition) is 2. The van der Waals surface area contributed by atoms with Crippen LogP contribution in [-0.4, -0.2) is 49.7 Å². The molecule has 0 spiro atoms. The van der Waals surface area contributed by atoms with Crippen LogP contribution in [0, 0.1) is 0 Å². The van der Waals surface area contributed by atoms with Crippen LogP contribution in [0.5, 0.6) is 0 Å². The highest BCUT2D eigenvalue weighted by atomic mass is 15.2. The molecule has 3 nitrogen and oxygen atoms in total. The van der Waals surface area contributed by atoms with Gasteiger partial charge in [0.05, 0.1) is 0 Å². The standard InChI is InChI=1S/C11H23N3/c1-10(7-13-11-8-12-9-11)14-5-3-2-4-6-14/h10-13H,2-9H2,1H3. The Morgan fingerprint density at radius 2 is 2.00 bits per heavy atom.